The number of hydrogen-bond acceptors (Lipinski definition) is 1. The monoisotopic (exact) mass is 282 g/mol. The fourth-order valence-corrected chi connectivity index (χ4v) is 1.49. The van der Waals surface area contributed by atoms with E-state index in [1.165, 1.54) is 12.1 Å². The second-order valence-corrected chi connectivity index (χ2v) is 5.92. The van der Waals surface area contributed by atoms with Gasteiger partial charge in [0.15, 0.2) is 0 Å². The zero-order chi connectivity index (χ0) is 14.3. The molecule has 0 radical (unpaired) electrons. The van der Waals surface area contributed by atoms with Crippen molar-refractivity contribution in [2.24, 2.45) is 5.41 Å². The zero-order valence-corrected chi connectivity index (χ0v) is 12.5. The van der Waals surface area contributed by atoms with Crippen molar-refractivity contribution in [1.29, 1.82) is 0 Å². The Morgan fingerprint density at radius 3 is 2.68 bits per heavy atom. The van der Waals surface area contributed by atoms with Crippen LogP contribution < -0.4 is 4.74 Å². The Bertz CT molecular complexity index is 466. The van der Waals surface area contributed by atoms with E-state index in [0.29, 0.717) is 30.2 Å². The van der Waals surface area contributed by atoms with Crippen molar-refractivity contribution in [1.82, 2.24) is 0 Å². The summed E-state index contributed by atoms with van der Waals surface area (Å²) in [4.78, 5) is 0. The number of hydrogen-bond donors (Lipinski definition) is 0. The first-order chi connectivity index (χ1) is 8.92. The summed E-state index contributed by atoms with van der Waals surface area (Å²) >= 11 is 5.57. The summed E-state index contributed by atoms with van der Waals surface area (Å²) in [5.74, 6) is 6.59. The maximum atomic E-state index is 13.2. The normalized spacial score (nSPS) is 10.8. The summed E-state index contributed by atoms with van der Waals surface area (Å²) in [6.07, 6.45) is 1.51. The second-order valence-electron chi connectivity index (χ2n) is 5.54. The average Bonchev–Trinajstić information content (AvgIpc) is 2.30. The second kappa shape index (κ2) is 7.40. The lowest BCUT2D eigenvalue weighted by Crippen LogP contribution is -2.11. The van der Waals surface area contributed by atoms with Crippen LogP contribution in [0.1, 0.15) is 39.2 Å². The number of benzene rings is 1. The molecule has 0 aliphatic rings. The first-order valence-corrected chi connectivity index (χ1v) is 6.93. The van der Waals surface area contributed by atoms with E-state index in [4.69, 9.17) is 16.3 Å². The van der Waals surface area contributed by atoms with Gasteiger partial charge in [-0.15, -0.1) is 11.6 Å². The average molecular weight is 283 g/mol. The summed E-state index contributed by atoms with van der Waals surface area (Å²) in [5, 5.41) is 0. The van der Waals surface area contributed by atoms with Crippen LogP contribution in [0, 0.1) is 23.1 Å². The molecular weight excluding hydrogens is 263 g/mol. The van der Waals surface area contributed by atoms with E-state index >= 15 is 0 Å². The van der Waals surface area contributed by atoms with E-state index in [1.54, 1.807) is 6.07 Å². The van der Waals surface area contributed by atoms with Gasteiger partial charge in [-0.25, -0.2) is 4.39 Å². The molecule has 1 rings (SSSR count). The Hall–Kier alpha value is -1.20. The van der Waals surface area contributed by atoms with Crippen molar-refractivity contribution in [3.63, 3.8) is 0 Å². The molecule has 0 saturated carbocycles. The fourth-order valence-electron chi connectivity index (χ4n) is 1.39. The highest BCUT2D eigenvalue weighted by atomic mass is 35.5. The van der Waals surface area contributed by atoms with Crippen LogP contribution in [-0.4, -0.2) is 12.5 Å². The van der Waals surface area contributed by atoms with Crippen molar-refractivity contribution in [3.05, 3.63) is 29.6 Å². The quantitative estimate of drug-likeness (QED) is 0.578. The Balaban J connectivity index is 2.75. The molecule has 0 atom stereocenters. The Morgan fingerprint density at radius 1 is 1.32 bits per heavy atom. The van der Waals surface area contributed by atoms with E-state index in [9.17, 15) is 4.39 Å². The van der Waals surface area contributed by atoms with Gasteiger partial charge in [-0.1, -0.05) is 32.6 Å². The van der Waals surface area contributed by atoms with Gasteiger partial charge in [0.1, 0.15) is 11.6 Å². The molecule has 0 unspecified atom stereocenters. The zero-order valence-electron chi connectivity index (χ0n) is 11.7. The molecule has 1 nitrogen and oxygen atoms in total. The first-order valence-electron chi connectivity index (χ1n) is 6.39. The summed E-state index contributed by atoms with van der Waals surface area (Å²) in [6.45, 7) is 6.98. The highest BCUT2D eigenvalue weighted by Crippen LogP contribution is 2.22. The lowest BCUT2D eigenvalue weighted by Gasteiger charge is -2.18. The number of alkyl halides is 1. The molecule has 104 valence electrons. The van der Waals surface area contributed by atoms with Crippen LogP contribution in [-0.2, 0) is 0 Å². The van der Waals surface area contributed by atoms with Gasteiger partial charge in [0.2, 0.25) is 0 Å². The highest BCUT2D eigenvalue weighted by molar-refractivity contribution is 6.18. The summed E-state index contributed by atoms with van der Waals surface area (Å²) < 4.78 is 18.9. The molecule has 0 aromatic heterocycles. The molecule has 0 aliphatic carbocycles. The van der Waals surface area contributed by atoms with Crippen LogP contribution in [0.15, 0.2) is 18.2 Å². The molecule has 0 amide bonds. The summed E-state index contributed by atoms with van der Waals surface area (Å²) in [6, 6.07) is 4.41. The largest absolute Gasteiger partial charge is 0.492 e. The van der Waals surface area contributed by atoms with E-state index < -0.39 is 0 Å². The molecule has 0 heterocycles. The molecule has 0 fully saturated rings. The third-order valence-corrected chi connectivity index (χ3v) is 2.68. The molecule has 0 N–H and O–H groups in total. The predicted molar refractivity (Wildman–Crippen MR) is 78.2 cm³/mol. The van der Waals surface area contributed by atoms with E-state index in [0.717, 1.165) is 6.42 Å². The van der Waals surface area contributed by atoms with Crippen LogP contribution in [0.2, 0.25) is 0 Å². The molecule has 1 aromatic rings. The molecule has 19 heavy (non-hydrogen) atoms. The minimum absolute atomic E-state index is 0.192. The SMILES string of the molecule is CC(C)(C)CCOc1cc(F)ccc1C#CCCCl. The topological polar surface area (TPSA) is 9.23 Å². The number of rotatable bonds is 4. The third kappa shape index (κ3) is 6.50. The predicted octanol–water partition coefficient (Wildman–Crippen LogP) is 4.62. The van der Waals surface area contributed by atoms with E-state index in [1.807, 2.05) is 0 Å². The Kier molecular flexibility index (Phi) is 6.18. The van der Waals surface area contributed by atoms with Crippen molar-refractivity contribution < 1.29 is 9.13 Å². The van der Waals surface area contributed by atoms with Crippen LogP contribution in [0.4, 0.5) is 4.39 Å². The van der Waals surface area contributed by atoms with Gasteiger partial charge in [-0.05, 0) is 24.0 Å². The standard InChI is InChI=1S/C16H20ClFO/c1-16(2,3)9-11-19-15-12-14(18)8-7-13(15)6-4-5-10-17/h7-8,12H,5,9-11H2,1-3H3. The van der Waals surface area contributed by atoms with Crippen molar-refractivity contribution >= 4 is 11.6 Å². The lowest BCUT2D eigenvalue weighted by atomic mass is 9.93. The Morgan fingerprint density at radius 2 is 2.05 bits per heavy atom. The van der Waals surface area contributed by atoms with Gasteiger partial charge in [-0.3, -0.25) is 0 Å². The fraction of sp³-hybridized carbons (Fsp3) is 0.500. The summed E-state index contributed by atoms with van der Waals surface area (Å²) in [5.41, 5.74) is 0.901. The lowest BCUT2D eigenvalue weighted by molar-refractivity contribution is 0.242. The van der Waals surface area contributed by atoms with Gasteiger partial charge in [0.25, 0.3) is 0 Å². The van der Waals surface area contributed by atoms with Gasteiger partial charge in [0, 0.05) is 18.4 Å². The van der Waals surface area contributed by atoms with Crippen molar-refractivity contribution in [3.8, 4) is 17.6 Å². The third-order valence-electron chi connectivity index (χ3n) is 2.50. The minimum Gasteiger partial charge on any atom is -0.492 e. The van der Waals surface area contributed by atoms with E-state index in [2.05, 4.69) is 32.6 Å². The molecule has 1 aromatic carbocycles. The van der Waals surface area contributed by atoms with Gasteiger partial charge >= 0.3 is 0 Å². The van der Waals surface area contributed by atoms with Crippen LogP contribution >= 0.6 is 11.6 Å². The molecule has 0 saturated heterocycles. The van der Waals surface area contributed by atoms with Crippen molar-refractivity contribution in [2.75, 3.05) is 12.5 Å². The smallest absolute Gasteiger partial charge is 0.137 e. The summed E-state index contributed by atoms with van der Waals surface area (Å²) in [7, 11) is 0. The minimum atomic E-state index is -0.311. The van der Waals surface area contributed by atoms with Crippen molar-refractivity contribution in [2.45, 2.75) is 33.6 Å². The van der Waals surface area contributed by atoms with Crippen LogP contribution in [0.3, 0.4) is 0 Å². The first kappa shape index (κ1) is 15.9. The molecule has 0 spiro atoms. The van der Waals surface area contributed by atoms with Crippen LogP contribution in [0.25, 0.3) is 0 Å². The number of ether oxygens (including phenoxy) is 1. The highest BCUT2D eigenvalue weighted by Gasteiger charge is 2.11. The van der Waals surface area contributed by atoms with Crippen LogP contribution in [0.5, 0.6) is 5.75 Å². The van der Waals surface area contributed by atoms with Gasteiger partial charge in [-0.2, -0.15) is 0 Å². The van der Waals surface area contributed by atoms with E-state index in [-0.39, 0.29) is 11.2 Å². The molecule has 3 heteroatoms. The molecule has 0 bridgehead atoms. The Labute approximate surface area is 120 Å². The van der Waals surface area contributed by atoms with Gasteiger partial charge in [0.05, 0.1) is 12.2 Å². The number of halogens is 2. The molecular formula is C16H20ClFO. The molecule has 0 aliphatic heterocycles. The van der Waals surface area contributed by atoms with Gasteiger partial charge < -0.3 is 4.74 Å². The maximum absolute atomic E-state index is 13.2. The maximum Gasteiger partial charge on any atom is 0.137 e.